The molecule has 0 bridgehead atoms. The number of rotatable bonds is 44. The molecule has 0 aromatic heterocycles. The summed E-state index contributed by atoms with van der Waals surface area (Å²) in [6, 6.07) is 0. The van der Waals surface area contributed by atoms with Gasteiger partial charge < -0.3 is 18.9 Å². The number of quaternary nitrogens is 1. The molecular weight excluding hydrogens is 782 g/mol. The molecular formula is C52H93NO7P+. The van der Waals surface area contributed by atoms with Crippen LogP contribution in [0.3, 0.4) is 0 Å². The Labute approximate surface area is 375 Å². The number of phosphoric ester groups is 1. The second-order valence-electron chi connectivity index (χ2n) is 17.1. The highest BCUT2D eigenvalue weighted by Gasteiger charge is 2.26. The Balaban J connectivity index is 4.26. The minimum atomic E-state index is -4.29. The topological polar surface area (TPSA) is 91.3 Å². The molecule has 352 valence electrons. The summed E-state index contributed by atoms with van der Waals surface area (Å²) in [6.45, 7) is 5.46. The van der Waals surface area contributed by atoms with Crippen LogP contribution in [0.5, 0.6) is 0 Å². The standard InChI is InChI=1S/C52H92NO7P/c1-6-8-10-12-14-16-18-20-22-23-24-25-26-27-28-29-30-31-32-33-35-37-39-41-43-45-52(54)60-51(50-59-61(55,56)58-48-46-53(3,4)5)49-57-47-44-42-40-38-36-34-21-19-17-15-13-11-9-7-2/h8,10,14,16,20,22,24-25,27-28,30-31,33,35,51H,6-7,9,11-13,15,17-19,21,23,26,29,32,34,36-50H2,1-5H3/p+1/b10-8-,16-14-,22-20-,25-24-,28-27-,31-30-,35-33-. The summed E-state index contributed by atoms with van der Waals surface area (Å²) in [4.78, 5) is 22.9. The fraction of sp³-hybridized carbons (Fsp3) is 0.712. The Morgan fingerprint density at radius 2 is 0.951 bits per heavy atom. The predicted octanol–water partition coefficient (Wildman–Crippen LogP) is 14.8. The van der Waals surface area contributed by atoms with Crippen molar-refractivity contribution < 1.29 is 37.3 Å². The zero-order valence-corrected chi connectivity index (χ0v) is 40.8. The number of likely N-dealkylation sites (N-methyl/N-ethyl adjacent to an activating group) is 1. The average molecular weight is 875 g/mol. The number of ether oxygens (including phenoxy) is 2. The van der Waals surface area contributed by atoms with E-state index in [0.29, 0.717) is 17.6 Å². The number of unbranched alkanes of at least 4 members (excludes halogenated alkanes) is 16. The molecule has 2 atom stereocenters. The van der Waals surface area contributed by atoms with Gasteiger partial charge >= 0.3 is 13.8 Å². The van der Waals surface area contributed by atoms with E-state index in [1.807, 2.05) is 21.1 Å². The number of hydrogen-bond donors (Lipinski definition) is 1. The van der Waals surface area contributed by atoms with E-state index in [2.05, 4.69) is 98.9 Å². The number of carbonyl (C=O) groups excluding carboxylic acids is 1. The van der Waals surface area contributed by atoms with Gasteiger partial charge in [-0.3, -0.25) is 13.8 Å². The molecule has 0 heterocycles. The molecule has 0 rings (SSSR count). The molecule has 0 aliphatic heterocycles. The Bertz CT molecular complexity index is 1250. The highest BCUT2D eigenvalue weighted by atomic mass is 31.2. The predicted molar refractivity (Wildman–Crippen MR) is 261 cm³/mol. The maximum Gasteiger partial charge on any atom is 0.472 e. The summed E-state index contributed by atoms with van der Waals surface area (Å²) >= 11 is 0. The van der Waals surface area contributed by atoms with E-state index < -0.39 is 13.9 Å². The lowest BCUT2D eigenvalue weighted by molar-refractivity contribution is -0.870. The first kappa shape index (κ1) is 58.7. The van der Waals surface area contributed by atoms with Crippen molar-refractivity contribution in [2.45, 2.75) is 187 Å². The third-order valence-electron chi connectivity index (χ3n) is 9.97. The van der Waals surface area contributed by atoms with Crippen LogP contribution in [0.25, 0.3) is 0 Å². The van der Waals surface area contributed by atoms with Gasteiger partial charge in [0, 0.05) is 13.0 Å². The van der Waals surface area contributed by atoms with E-state index in [4.69, 9.17) is 18.5 Å². The second-order valence-corrected chi connectivity index (χ2v) is 18.6. The molecule has 0 aromatic rings. The van der Waals surface area contributed by atoms with Crippen LogP contribution in [-0.4, -0.2) is 75.6 Å². The van der Waals surface area contributed by atoms with Crippen molar-refractivity contribution in [2.24, 2.45) is 0 Å². The van der Waals surface area contributed by atoms with Gasteiger partial charge in [-0.05, 0) is 70.6 Å². The van der Waals surface area contributed by atoms with Crippen LogP contribution in [0.1, 0.15) is 181 Å². The zero-order valence-electron chi connectivity index (χ0n) is 39.9. The number of allylic oxidation sites excluding steroid dienone is 14. The molecule has 0 amide bonds. The van der Waals surface area contributed by atoms with E-state index in [9.17, 15) is 14.3 Å². The lowest BCUT2D eigenvalue weighted by Crippen LogP contribution is -2.37. The molecule has 0 aromatic carbocycles. The average Bonchev–Trinajstić information content (AvgIpc) is 3.22. The number of phosphoric acid groups is 1. The molecule has 9 heteroatoms. The summed E-state index contributed by atoms with van der Waals surface area (Å²) in [5.41, 5.74) is 0. The molecule has 0 saturated heterocycles. The number of nitrogens with zero attached hydrogens (tertiary/aromatic N) is 1. The Hall–Kier alpha value is -2.32. The molecule has 2 unspecified atom stereocenters. The monoisotopic (exact) mass is 875 g/mol. The zero-order chi connectivity index (χ0) is 44.8. The molecule has 0 spiro atoms. The van der Waals surface area contributed by atoms with Gasteiger partial charge in [0.1, 0.15) is 19.3 Å². The van der Waals surface area contributed by atoms with Crippen molar-refractivity contribution in [3.63, 3.8) is 0 Å². The van der Waals surface area contributed by atoms with Gasteiger partial charge in [0.25, 0.3) is 0 Å². The molecule has 61 heavy (non-hydrogen) atoms. The van der Waals surface area contributed by atoms with Crippen molar-refractivity contribution >= 4 is 13.8 Å². The maximum absolute atomic E-state index is 12.7. The molecule has 0 radical (unpaired) electrons. The Morgan fingerprint density at radius 3 is 1.41 bits per heavy atom. The van der Waals surface area contributed by atoms with Crippen LogP contribution in [0, 0.1) is 0 Å². The van der Waals surface area contributed by atoms with Gasteiger partial charge in [-0.1, -0.05) is 189 Å². The van der Waals surface area contributed by atoms with Crippen LogP contribution in [0.15, 0.2) is 85.1 Å². The highest BCUT2D eigenvalue weighted by molar-refractivity contribution is 7.47. The first-order chi connectivity index (χ1) is 29.6. The molecule has 0 saturated carbocycles. The van der Waals surface area contributed by atoms with Gasteiger partial charge in [-0.2, -0.15) is 0 Å². The molecule has 0 aliphatic carbocycles. The van der Waals surface area contributed by atoms with E-state index in [1.165, 1.54) is 77.0 Å². The lowest BCUT2D eigenvalue weighted by atomic mass is 10.0. The molecule has 0 aliphatic rings. The van der Waals surface area contributed by atoms with Crippen molar-refractivity contribution in [1.82, 2.24) is 0 Å². The van der Waals surface area contributed by atoms with Crippen LogP contribution < -0.4 is 0 Å². The largest absolute Gasteiger partial charge is 0.472 e. The summed E-state index contributed by atoms with van der Waals surface area (Å²) in [6.07, 6.45) is 59.1. The van der Waals surface area contributed by atoms with Gasteiger partial charge in [-0.15, -0.1) is 0 Å². The van der Waals surface area contributed by atoms with E-state index >= 15 is 0 Å². The minimum absolute atomic E-state index is 0.0784. The van der Waals surface area contributed by atoms with E-state index in [1.54, 1.807) is 0 Å². The van der Waals surface area contributed by atoms with Crippen LogP contribution in [0.4, 0.5) is 0 Å². The first-order valence-corrected chi connectivity index (χ1v) is 25.8. The van der Waals surface area contributed by atoms with Gasteiger partial charge in [0.15, 0.2) is 0 Å². The number of hydrogen-bond acceptors (Lipinski definition) is 6. The quantitative estimate of drug-likeness (QED) is 0.0214. The lowest BCUT2D eigenvalue weighted by Gasteiger charge is -2.24. The maximum atomic E-state index is 12.7. The smallest absolute Gasteiger partial charge is 0.457 e. The number of carbonyl (C=O) groups is 1. The third kappa shape index (κ3) is 48.6. The van der Waals surface area contributed by atoms with Gasteiger partial charge in [0.2, 0.25) is 0 Å². The van der Waals surface area contributed by atoms with Crippen LogP contribution >= 0.6 is 7.82 Å². The van der Waals surface area contributed by atoms with Gasteiger partial charge in [0.05, 0.1) is 34.4 Å². The van der Waals surface area contributed by atoms with Gasteiger partial charge in [-0.25, -0.2) is 4.57 Å². The number of esters is 1. The van der Waals surface area contributed by atoms with Crippen molar-refractivity contribution in [1.29, 1.82) is 0 Å². The van der Waals surface area contributed by atoms with Crippen molar-refractivity contribution in [3.8, 4) is 0 Å². The fourth-order valence-corrected chi connectivity index (χ4v) is 6.98. The highest BCUT2D eigenvalue weighted by Crippen LogP contribution is 2.43. The van der Waals surface area contributed by atoms with Crippen LogP contribution in [0.2, 0.25) is 0 Å². The Morgan fingerprint density at radius 1 is 0.525 bits per heavy atom. The second kappa shape index (κ2) is 44.3. The normalized spacial score (nSPS) is 14.4. The SMILES string of the molecule is CC/C=C\C/C=C\C/C=C\C/C=C\C/C=C\C/C=C\C/C=C\CCCCCC(=O)OC(COCCCCCCCCCCCCCCCC)COP(=O)(O)OCC[N+](C)(C)C. The summed E-state index contributed by atoms with van der Waals surface area (Å²) in [7, 11) is 1.64. The summed E-state index contributed by atoms with van der Waals surface area (Å²) in [5.74, 6) is -0.347. The fourth-order valence-electron chi connectivity index (χ4n) is 6.24. The minimum Gasteiger partial charge on any atom is -0.457 e. The Kier molecular flexibility index (Phi) is 42.6. The molecule has 8 nitrogen and oxygen atoms in total. The van der Waals surface area contributed by atoms with E-state index in [0.717, 1.165) is 83.5 Å². The summed E-state index contributed by atoms with van der Waals surface area (Å²) < 4.78 is 35.0. The van der Waals surface area contributed by atoms with E-state index in [-0.39, 0.29) is 32.2 Å². The van der Waals surface area contributed by atoms with Crippen molar-refractivity contribution in [2.75, 3.05) is 54.1 Å². The summed E-state index contributed by atoms with van der Waals surface area (Å²) in [5, 5.41) is 0. The molecule has 0 fully saturated rings. The van der Waals surface area contributed by atoms with Crippen LogP contribution in [-0.2, 0) is 27.9 Å². The van der Waals surface area contributed by atoms with Crippen molar-refractivity contribution in [3.05, 3.63) is 85.1 Å². The third-order valence-corrected chi connectivity index (χ3v) is 11.0. The molecule has 1 N–H and O–H groups in total. The first-order valence-electron chi connectivity index (χ1n) is 24.3.